The quantitative estimate of drug-likeness (QED) is 0.471. The van der Waals surface area contributed by atoms with Crippen molar-refractivity contribution >= 4 is 23.3 Å². The highest BCUT2D eigenvalue weighted by atomic mass is 35.5. The molecule has 8 nitrogen and oxygen atoms in total. The average Bonchev–Trinajstić information content (AvgIpc) is 3.14. The maximum absolute atomic E-state index is 11.9. The van der Waals surface area contributed by atoms with Crippen LogP contribution in [0.15, 0.2) is 53.2 Å². The van der Waals surface area contributed by atoms with E-state index in [4.69, 9.17) is 22.1 Å². The van der Waals surface area contributed by atoms with E-state index in [1.165, 1.54) is 0 Å². The van der Waals surface area contributed by atoms with Crippen LogP contribution < -0.4 is 21.1 Å². The lowest BCUT2D eigenvalue weighted by Gasteiger charge is -2.13. The van der Waals surface area contributed by atoms with Crippen LogP contribution in [0.4, 0.5) is 5.82 Å². The van der Waals surface area contributed by atoms with Gasteiger partial charge in [0.05, 0.1) is 0 Å². The van der Waals surface area contributed by atoms with Gasteiger partial charge in [0.1, 0.15) is 12.4 Å². The largest absolute Gasteiger partial charge is 0.489 e. The molecule has 0 radical (unpaired) electrons. The molecule has 0 fully saturated rings. The third-order valence-corrected chi connectivity index (χ3v) is 4.13. The van der Waals surface area contributed by atoms with E-state index in [2.05, 4.69) is 25.6 Å². The van der Waals surface area contributed by atoms with Crippen LogP contribution in [0, 0.1) is 0 Å². The summed E-state index contributed by atoms with van der Waals surface area (Å²) in [6.45, 7) is 1.92. The second-order valence-electron chi connectivity index (χ2n) is 5.96. The van der Waals surface area contributed by atoms with Gasteiger partial charge in [0.25, 0.3) is 5.91 Å². The van der Waals surface area contributed by atoms with Gasteiger partial charge < -0.3 is 21.1 Å². The van der Waals surface area contributed by atoms with Crippen molar-refractivity contribution in [1.29, 1.82) is 0 Å². The van der Waals surface area contributed by atoms with E-state index < -0.39 is 5.91 Å². The molecule has 146 valence electrons. The molecular formula is C19H20ClN5O3. The van der Waals surface area contributed by atoms with Crippen molar-refractivity contribution in [3.63, 3.8) is 0 Å². The summed E-state index contributed by atoms with van der Waals surface area (Å²) >= 11 is 6.11. The first-order chi connectivity index (χ1) is 13.6. The number of rotatable bonds is 9. The van der Waals surface area contributed by atoms with E-state index in [-0.39, 0.29) is 11.5 Å². The molecule has 0 spiro atoms. The Morgan fingerprint density at radius 3 is 2.71 bits per heavy atom. The monoisotopic (exact) mass is 401 g/mol. The Bertz CT molecular complexity index is 917. The van der Waals surface area contributed by atoms with Crippen molar-refractivity contribution in [3.05, 3.63) is 70.4 Å². The first kappa shape index (κ1) is 19.7. The number of aromatic nitrogens is 2. The predicted octanol–water partition coefficient (Wildman–Crippen LogP) is 2.40. The second kappa shape index (κ2) is 9.72. The topological polar surface area (TPSA) is 115 Å². The highest BCUT2D eigenvalue weighted by Gasteiger charge is 2.15. The summed E-state index contributed by atoms with van der Waals surface area (Å²) in [6.07, 6.45) is 0. The van der Waals surface area contributed by atoms with Crippen LogP contribution in [-0.2, 0) is 13.2 Å². The Labute approximate surface area is 167 Å². The molecule has 0 bridgehead atoms. The van der Waals surface area contributed by atoms with Gasteiger partial charge in [0, 0.05) is 30.2 Å². The molecule has 0 saturated carbocycles. The average molecular weight is 402 g/mol. The van der Waals surface area contributed by atoms with E-state index in [9.17, 15) is 4.79 Å². The molecule has 2 aromatic carbocycles. The fraction of sp³-hybridized carbons (Fsp3) is 0.211. The van der Waals surface area contributed by atoms with Crippen LogP contribution in [0.1, 0.15) is 21.6 Å². The summed E-state index contributed by atoms with van der Waals surface area (Å²) < 4.78 is 10.3. The summed E-state index contributed by atoms with van der Waals surface area (Å²) in [4.78, 5) is 11.9. The molecule has 1 heterocycles. The SMILES string of the molecule is Nc1nonc1C(=O)NCCNCc1cc(Cl)ccc1OCc1ccccc1. The molecule has 0 aliphatic rings. The zero-order valence-corrected chi connectivity index (χ0v) is 15.8. The lowest BCUT2D eigenvalue weighted by molar-refractivity contribution is 0.0944. The molecule has 28 heavy (non-hydrogen) atoms. The molecule has 4 N–H and O–H groups in total. The zero-order chi connectivity index (χ0) is 19.8. The lowest BCUT2D eigenvalue weighted by Crippen LogP contribution is -2.32. The number of hydrogen-bond donors (Lipinski definition) is 3. The second-order valence-corrected chi connectivity index (χ2v) is 6.39. The molecular weight excluding hydrogens is 382 g/mol. The fourth-order valence-corrected chi connectivity index (χ4v) is 2.68. The molecule has 0 aliphatic heterocycles. The molecule has 0 unspecified atom stereocenters. The molecule has 1 aromatic heterocycles. The minimum atomic E-state index is -0.435. The number of anilines is 1. The van der Waals surface area contributed by atoms with E-state index in [0.29, 0.717) is 31.3 Å². The summed E-state index contributed by atoms with van der Waals surface area (Å²) in [5.74, 6) is 0.283. The fourth-order valence-electron chi connectivity index (χ4n) is 2.49. The van der Waals surface area contributed by atoms with Crippen molar-refractivity contribution in [1.82, 2.24) is 20.9 Å². The number of nitrogens with one attached hydrogen (secondary N) is 2. The first-order valence-electron chi connectivity index (χ1n) is 8.65. The molecule has 0 saturated heterocycles. The van der Waals surface area contributed by atoms with Gasteiger partial charge in [-0.25, -0.2) is 4.63 Å². The molecule has 3 aromatic rings. The van der Waals surface area contributed by atoms with Gasteiger partial charge >= 0.3 is 0 Å². The minimum absolute atomic E-state index is 0.0218. The van der Waals surface area contributed by atoms with Gasteiger partial charge in [-0.2, -0.15) is 0 Å². The van der Waals surface area contributed by atoms with Crippen LogP contribution in [0.2, 0.25) is 5.02 Å². The molecule has 0 aliphatic carbocycles. The number of hydrogen-bond acceptors (Lipinski definition) is 7. The molecule has 0 atom stereocenters. The number of nitrogens with zero attached hydrogens (tertiary/aromatic N) is 2. The van der Waals surface area contributed by atoms with Crippen LogP contribution in [-0.4, -0.2) is 29.3 Å². The van der Waals surface area contributed by atoms with E-state index in [0.717, 1.165) is 16.9 Å². The number of ether oxygens (including phenoxy) is 1. The van der Waals surface area contributed by atoms with E-state index in [1.807, 2.05) is 42.5 Å². The number of carbonyl (C=O) groups excluding carboxylic acids is 1. The van der Waals surface area contributed by atoms with Gasteiger partial charge in [0.15, 0.2) is 0 Å². The molecule has 1 amide bonds. The minimum Gasteiger partial charge on any atom is -0.489 e. The van der Waals surface area contributed by atoms with Crippen LogP contribution in [0.5, 0.6) is 5.75 Å². The summed E-state index contributed by atoms with van der Waals surface area (Å²) in [7, 11) is 0. The third-order valence-electron chi connectivity index (χ3n) is 3.89. The van der Waals surface area contributed by atoms with Crippen molar-refractivity contribution < 1.29 is 14.2 Å². The normalized spacial score (nSPS) is 10.6. The standard InChI is InChI=1S/C19H20ClN5O3/c20-15-6-7-16(27-12-13-4-2-1-3-5-13)14(10-15)11-22-8-9-23-19(26)17-18(21)25-28-24-17/h1-7,10,22H,8-9,11-12H2,(H2,21,25)(H,23,26). The van der Waals surface area contributed by atoms with Crippen LogP contribution in [0.25, 0.3) is 0 Å². The summed E-state index contributed by atoms with van der Waals surface area (Å²) in [6, 6.07) is 15.4. The van der Waals surface area contributed by atoms with Crippen molar-refractivity contribution in [2.75, 3.05) is 18.8 Å². The van der Waals surface area contributed by atoms with Gasteiger partial charge in [-0.1, -0.05) is 41.9 Å². The van der Waals surface area contributed by atoms with E-state index in [1.54, 1.807) is 6.07 Å². The Morgan fingerprint density at radius 1 is 1.14 bits per heavy atom. The predicted molar refractivity (Wildman–Crippen MR) is 105 cm³/mol. The Kier molecular flexibility index (Phi) is 6.83. The van der Waals surface area contributed by atoms with Crippen LogP contribution >= 0.6 is 11.6 Å². The van der Waals surface area contributed by atoms with Crippen molar-refractivity contribution in [3.8, 4) is 5.75 Å². The van der Waals surface area contributed by atoms with Crippen molar-refractivity contribution in [2.45, 2.75) is 13.2 Å². The summed E-state index contributed by atoms with van der Waals surface area (Å²) in [5.41, 5.74) is 7.47. The number of carbonyl (C=O) groups is 1. The smallest absolute Gasteiger partial charge is 0.277 e. The Hall–Kier alpha value is -3.10. The number of benzene rings is 2. The molecule has 9 heteroatoms. The first-order valence-corrected chi connectivity index (χ1v) is 9.03. The number of halogens is 1. The number of nitrogens with two attached hydrogens (primary N) is 1. The zero-order valence-electron chi connectivity index (χ0n) is 15.0. The Balaban J connectivity index is 1.47. The maximum Gasteiger partial charge on any atom is 0.277 e. The number of amides is 1. The number of nitrogen functional groups attached to an aromatic ring is 1. The maximum atomic E-state index is 11.9. The van der Waals surface area contributed by atoms with Crippen LogP contribution in [0.3, 0.4) is 0 Å². The van der Waals surface area contributed by atoms with Gasteiger partial charge in [-0.15, -0.1) is 0 Å². The molecule has 3 rings (SSSR count). The highest BCUT2D eigenvalue weighted by Crippen LogP contribution is 2.23. The lowest BCUT2D eigenvalue weighted by atomic mass is 10.2. The summed E-state index contributed by atoms with van der Waals surface area (Å²) in [5, 5.41) is 13.4. The van der Waals surface area contributed by atoms with Crippen molar-refractivity contribution in [2.24, 2.45) is 0 Å². The van der Waals surface area contributed by atoms with Gasteiger partial charge in [-0.05, 0) is 34.1 Å². The highest BCUT2D eigenvalue weighted by molar-refractivity contribution is 6.30. The van der Waals surface area contributed by atoms with Gasteiger partial charge in [-0.3, -0.25) is 4.79 Å². The van der Waals surface area contributed by atoms with E-state index >= 15 is 0 Å². The van der Waals surface area contributed by atoms with Gasteiger partial charge in [0.2, 0.25) is 11.5 Å². The third kappa shape index (κ3) is 5.45. The Morgan fingerprint density at radius 2 is 1.96 bits per heavy atom.